The summed E-state index contributed by atoms with van der Waals surface area (Å²) in [6.45, 7) is 5.95. The van der Waals surface area contributed by atoms with Gasteiger partial charge >= 0.3 is 0 Å². The molecule has 3 atom stereocenters. The van der Waals surface area contributed by atoms with Crippen molar-refractivity contribution in [1.82, 2.24) is 4.90 Å². The number of nitrogens with zero attached hydrogens (tertiary/aromatic N) is 1. The van der Waals surface area contributed by atoms with Crippen LogP contribution in [0.5, 0.6) is 5.75 Å². The first-order chi connectivity index (χ1) is 11.6. The Hall–Kier alpha value is -1.59. The predicted octanol–water partition coefficient (Wildman–Crippen LogP) is 2.07. The molecule has 5 heteroatoms. The van der Waals surface area contributed by atoms with E-state index in [0.29, 0.717) is 19.6 Å². The van der Waals surface area contributed by atoms with Gasteiger partial charge in [-0.3, -0.25) is 4.79 Å². The van der Waals surface area contributed by atoms with E-state index in [1.54, 1.807) is 0 Å². The maximum absolute atomic E-state index is 12.6. The molecule has 0 saturated carbocycles. The lowest BCUT2D eigenvalue weighted by molar-refractivity contribution is -0.138. The Labute approximate surface area is 143 Å². The number of likely N-dealkylation sites (tertiary alicyclic amines) is 1. The maximum Gasteiger partial charge on any atom is 0.260 e. The van der Waals surface area contributed by atoms with Crippen LogP contribution < -0.4 is 4.74 Å². The molecule has 2 heterocycles. The van der Waals surface area contributed by atoms with Crippen LogP contribution in [0.4, 0.5) is 0 Å². The summed E-state index contributed by atoms with van der Waals surface area (Å²) in [5.74, 6) is 0.771. The Kier molecular flexibility index (Phi) is 5.41. The normalized spacial score (nSPS) is 27.3. The summed E-state index contributed by atoms with van der Waals surface area (Å²) in [5, 5.41) is 10.2. The molecule has 5 nitrogen and oxygen atoms in total. The molecule has 1 N–H and O–H groups in total. The van der Waals surface area contributed by atoms with Crippen LogP contribution in [0.3, 0.4) is 0 Å². The molecule has 1 amide bonds. The van der Waals surface area contributed by atoms with Crippen molar-refractivity contribution in [3.63, 3.8) is 0 Å². The fourth-order valence-corrected chi connectivity index (χ4v) is 3.85. The van der Waals surface area contributed by atoms with E-state index >= 15 is 0 Å². The second-order valence-electron chi connectivity index (χ2n) is 6.95. The fourth-order valence-electron chi connectivity index (χ4n) is 3.85. The highest BCUT2D eigenvalue weighted by atomic mass is 16.5. The monoisotopic (exact) mass is 333 g/mol. The van der Waals surface area contributed by atoms with Gasteiger partial charge in [-0.1, -0.05) is 17.7 Å². The molecule has 0 spiro atoms. The summed E-state index contributed by atoms with van der Waals surface area (Å²) in [5.41, 5.74) is 2.22. The molecule has 0 aromatic heterocycles. The molecular formula is C19H27NO4. The number of rotatable bonds is 4. The Morgan fingerprint density at radius 1 is 1.38 bits per heavy atom. The number of ether oxygens (including phenoxy) is 2. The average Bonchev–Trinajstić information content (AvgIpc) is 3.03. The number of carbonyl (C=O) groups excluding carboxylic acids is 1. The van der Waals surface area contributed by atoms with Gasteiger partial charge < -0.3 is 19.5 Å². The number of aliphatic hydroxyl groups is 1. The highest BCUT2D eigenvalue weighted by Gasteiger charge is 2.39. The number of hydrogen-bond acceptors (Lipinski definition) is 4. The summed E-state index contributed by atoms with van der Waals surface area (Å²) in [6.07, 6.45) is 2.18. The van der Waals surface area contributed by atoms with E-state index < -0.39 is 0 Å². The van der Waals surface area contributed by atoms with Crippen molar-refractivity contribution in [3.05, 3.63) is 29.3 Å². The number of carbonyl (C=O) groups is 1. The molecule has 1 aromatic carbocycles. The Morgan fingerprint density at radius 3 is 2.96 bits per heavy atom. The van der Waals surface area contributed by atoms with Gasteiger partial charge in [-0.25, -0.2) is 0 Å². The molecule has 0 bridgehead atoms. The number of benzene rings is 1. The van der Waals surface area contributed by atoms with Gasteiger partial charge in [-0.2, -0.15) is 0 Å². The van der Waals surface area contributed by atoms with Gasteiger partial charge in [0.2, 0.25) is 0 Å². The van der Waals surface area contributed by atoms with Crippen LogP contribution in [-0.2, 0) is 9.53 Å². The summed E-state index contributed by atoms with van der Waals surface area (Å²) < 4.78 is 11.3. The first-order valence-electron chi connectivity index (χ1n) is 8.81. The first-order valence-corrected chi connectivity index (χ1v) is 8.81. The molecule has 0 aliphatic carbocycles. The molecule has 24 heavy (non-hydrogen) atoms. The lowest BCUT2D eigenvalue weighted by Crippen LogP contribution is -2.49. The highest BCUT2D eigenvalue weighted by Crippen LogP contribution is 2.30. The van der Waals surface area contributed by atoms with Gasteiger partial charge in [0.1, 0.15) is 5.75 Å². The zero-order valence-corrected chi connectivity index (χ0v) is 14.5. The first kappa shape index (κ1) is 17.2. The standard InChI is InChI=1S/C19H27NO4/c1-13-5-6-18(14(2)10-13)24-12-19(22)20-8-3-4-16(20)15-11-23-9-7-17(15)21/h5-6,10,15-17,21H,3-4,7-9,11-12H2,1-2H3/t15-,16+,17-/m0/s1. The Morgan fingerprint density at radius 2 is 2.21 bits per heavy atom. The van der Waals surface area contributed by atoms with Gasteiger partial charge in [0.05, 0.1) is 12.7 Å². The van der Waals surface area contributed by atoms with Crippen LogP contribution in [0.2, 0.25) is 0 Å². The average molecular weight is 333 g/mol. The zero-order chi connectivity index (χ0) is 17.1. The second-order valence-corrected chi connectivity index (χ2v) is 6.95. The molecule has 3 rings (SSSR count). The Balaban J connectivity index is 1.61. The van der Waals surface area contributed by atoms with E-state index in [4.69, 9.17) is 9.47 Å². The van der Waals surface area contributed by atoms with Crippen LogP contribution >= 0.6 is 0 Å². The topological polar surface area (TPSA) is 59.0 Å². The summed E-state index contributed by atoms with van der Waals surface area (Å²) in [7, 11) is 0. The third-order valence-electron chi connectivity index (χ3n) is 5.16. The van der Waals surface area contributed by atoms with E-state index in [1.165, 1.54) is 5.56 Å². The largest absolute Gasteiger partial charge is 0.484 e. The van der Waals surface area contributed by atoms with Crippen LogP contribution in [0.25, 0.3) is 0 Å². The summed E-state index contributed by atoms with van der Waals surface area (Å²) in [6, 6.07) is 6.02. The van der Waals surface area contributed by atoms with Gasteiger partial charge in [-0.05, 0) is 44.7 Å². The molecule has 2 fully saturated rings. The summed E-state index contributed by atoms with van der Waals surface area (Å²) in [4.78, 5) is 14.5. The fraction of sp³-hybridized carbons (Fsp3) is 0.632. The van der Waals surface area contributed by atoms with Gasteiger partial charge in [-0.15, -0.1) is 0 Å². The van der Waals surface area contributed by atoms with Crippen molar-refractivity contribution in [2.24, 2.45) is 5.92 Å². The van der Waals surface area contributed by atoms with Gasteiger partial charge in [0, 0.05) is 25.1 Å². The van der Waals surface area contributed by atoms with Crippen molar-refractivity contribution < 1.29 is 19.4 Å². The van der Waals surface area contributed by atoms with Crippen LogP contribution in [0.1, 0.15) is 30.4 Å². The third kappa shape index (κ3) is 3.73. The lowest BCUT2D eigenvalue weighted by atomic mass is 9.89. The smallest absolute Gasteiger partial charge is 0.260 e. The maximum atomic E-state index is 12.6. The van der Waals surface area contributed by atoms with Gasteiger partial charge in [0.15, 0.2) is 6.61 Å². The minimum absolute atomic E-state index is 0.00440. The van der Waals surface area contributed by atoms with Crippen LogP contribution in [0.15, 0.2) is 18.2 Å². The zero-order valence-electron chi connectivity index (χ0n) is 14.5. The van der Waals surface area contributed by atoms with Crippen LogP contribution in [-0.4, -0.2) is 54.4 Å². The number of amides is 1. The minimum Gasteiger partial charge on any atom is -0.484 e. The number of hydrogen-bond donors (Lipinski definition) is 1. The van der Waals surface area contributed by atoms with E-state index in [9.17, 15) is 9.90 Å². The van der Waals surface area contributed by atoms with Crippen molar-refractivity contribution in [3.8, 4) is 5.75 Å². The number of aliphatic hydroxyl groups excluding tert-OH is 1. The summed E-state index contributed by atoms with van der Waals surface area (Å²) >= 11 is 0. The van der Waals surface area contributed by atoms with E-state index in [2.05, 4.69) is 0 Å². The molecule has 0 unspecified atom stereocenters. The SMILES string of the molecule is Cc1ccc(OCC(=O)N2CCC[C@@H]2[C@@H]2COCC[C@@H]2O)c(C)c1. The van der Waals surface area contributed by atoms with Crippen molar-refractivity contribution in [2.75, 3.05) is 26.4 Å². The molecular weight excluding hydrogens is 306 g/mol. The number of aryl methyl sites for hydroxylation is 2. The predicted molar refractivity (Wildman–Crippen MR) is 91.1 cm³/mol. The van der Waals surface area contributed by atoms with Crippen molar-refractivity contribution >= 4 is 5.91 Å². The highest BCUT2D eigenvalue weighted by molar-refractivity contribution is 5.78. The van der Waals surface area contributed by atoms with E-state index in [-0.39, 0.29) is 30.6 Å². The molecule has 2 aliphatic heterocycles. The lowest BCUT2D eigenvalue weighted by Gasteiger charge is -2.36. The molecule has 2 saturated heterocycles. The molecule has 132 valence electrons. The molecule has 0 radical (unpaired) electrons. The van der Waals surface area contributed by atoms with Crippen LogP contribution in [0, 0.1) is 19.8 Å². The third-order valence-corrected chi connectivity index (χ3v) is 5.16. The Bertz CT molecular complexity index is 589. The van der Waals surface area contributed by atoms with Crippen molar-refractivity contribution in [1.29, 1.82) is 0 Å². The van der Waals surface area contributed by atoms with E-state index in [0.717, 1.165) is 30.7 Å². The van der Waals surface area contributed by atoms with Gasteiger partial charge in [0.25, 0.3) is 5.91 Å². The molecule has 1 aromatic rings. The minimum atomic E-state index is -0.377. The second kappa shape index (κ2) is 7.53. The molecule has 2 aliphatic rings. The van der Waals surface area contributed by atoms with E-state index in [1.807, 2.05) is 36.9 Å². The quantitative estimate of drug-likeness (QED) is 0.916. The van der Waals surface area contributed by atoms with Crippen molar-refractivity contribution in [2.45, 2.75) is 45.3 Å².